The molecule has 0 bridgehead atoms. The lowest BCUT2D eigenvalue weighted by atomic mass is 9.88. The summed E-state index contributed by atoms with van der Waals surface area (Å²) in [6, 6.07) is 0. The van der Waals surface area contributed by atoms with Crippen LogP contribution < -0.4 is 0 Å². The molecule has 0 N–H and O–H groups in total. The van der Waals surface area contributed by atoms with Crippen molar-refractivity contribution >= 4 is 5.97 Å². The third-order valence-electron chi connectivity index (χ3n) is 3.15. The first kappa shape index (κ1) is 16.2. The van der Waals surface area contributed by atoms with E-state index in [2.05, 4.69) is 20.4 Å². The predicted octanol–water partition coefficient (Wildman–Crippen LogP) is 4.35. The molecule has 0 rings (SSSR count). The van der Waals surface area contributed by atoms with Crippen molar-refractivity contribution in [3.8, 4) is 0 Å². The first-order valence-electron chi connectivity index (χ1n) is 6.69. The number of esters is 1. The molecule has 1 unspecified atom stereocenters. The molecule has 0 radical (unpaired) electrons. The molecule has 0 amide bonds. The minimum atomic E-state index is -0.243. The third-order valence-corrected chi connectivity index (χ3v) is 3.15. The van der Waals surface area contributed by atoms with Gasteiger partial charge < -0.3 is 4.74 Å². The van der Waals surface area contributed by atoms with Gasteiger partial charge in [0.05, 0.1) is 6.61 Å². The number of hydrogen-bond donors (Lipinski definition) is 0. The summed E-state index contributed by atoms with van der Waals surface area (Å²) >= 11 is 0. The molecular formula is C15H28O2. The quantitative estimate of drug-likeness (QED) is 0.488. The minimum Gasteiger partial charge on any atom is -0.462 e. The molecule has 1 atom stereocenters. The Hall–Kier alpha value is -0.790. The van der Waals surface area contributed by atoms with Crippen LogP contribution in [0.2, 0.25) is 0 Å². The van der Waals surface area contributed by atoms with Crippen LogP contribution in [-0.2, 0) is 9.53 Å². The van der Waals surface area contributed by atoms with Crippen LogP contribution in [0.4, 0.5) is 0 Å². The van der Waals surface area contributed by atoms with Crippen molar-refractivity contribution in [3.05, 3.63) is 12.2 Å². The maximum Gasteiger partial charge on any atom is 0.333 e. The molecule has 100 valence electrons. The molecule has 0 saturated heterocycles. The van der Waals surface area contributed by atoms with E-state index in [-0.39, 0.29) is 11.4 Å². The number of rotatable bonds is 7. The highest BCUT2D eigenvalue weighted by molar-refractivity contribution is 5.88. The average Bonchev–Trinajstić information content (AvgIpc) is 2.26. The summed E-state index contributed by atoms with van der Waals surface area (Å²) in [6.45, 7) is 14.6. The normalized spacial score (nSPS) is 13.2. The first-order valence-corrected chi connectivity index (χ1v) is 6.69. The van der Waals surface area contributed by atoms with Crippen molar-refractivity contribution in [1.29, 1.82) is 0 Å². The van der Waals surface area contributed by atoms with E-state index in [1.54, 1.807) is 0 Å². The van der Waals surface area contributed by atoms with Gasteiger partial charge in [0.25, 0.3) is 0 Å². The summed E-state index contributed by atoms with van der Waals surface area (Å²) in [6.07, 6.45) is 4.60. The SMILES string of the molecule is C=C(C(=O)OCC(CC)CCCC)C(C)(C)C. The van der Waals surface area contributed by atoms with Gasteiger partial charge in [0.2, 0.25) is 0 Å². The minimum absolute atomic E-state index is 0.206. The fraction of sp³-hybridized carbons (Fsp3) is 0.800. The molecule has 0 saturated carbocycles. The van der Waals surface area contributed by atoms with Gasteiger partial charge in [-0.05, 0) is 17.8 Å². The number of carbonyl (C=O) groups excluding carboxylic acids is 1. The Kier molecular flexibility index (Phi) is 7.17. The number of hydrogen-bond acceptors (Lipinski definition) is 2. The van der Waals surface area contributed by atoms with Crippen molar-refractivity contribution in [3.63, 3.8) is 0 Å². The van der Waals surface area contributed by atoms with E-state index in [0.29, 0.717) is 18.1 Å². The smallest absolute Gasteiger partial charge is 0.333 e. The second-order valence-electron chi connectivity index (χ2n) is 5.74. The standard InChI is InChI=1S/C15H28O2/c1-7-9-10-13(8-2)11-17-14(16)12(3)15(4,5)6/h13H,3,7-11H2,1-2,4-6H3. The highest BCUT2D eigenvalue weighted by Gasteiger charge is 2.23. The van der Waals surface area contributed by atoms with Gasteiger partial charge in [0.1, 0.15) is 0 Å². The van der Waals surface area contributed by atoms with E-state index in [1.165, 1.54) is 12.8 Å². The zero-order chi connectivity index (χ0) is 13.5. The molecule has 0 fully saturated rings. The lowest BCUT2D eigenvalue weighted by Gasteiger charge is -2.21. The number of unbranched alkanes of at least 4 members (excludes halogenated alkanes) is 1. The first-order chi connectivity index (χ1) is 7.82. The van der Waals surface area contributed by atoms with Crippen molar-refractivity contribution in [2.75, 3.05) is 6.61 Å². The fourth-order valence-electron chi connectivity index (χ4n) is 1.48. The van der Waals surface area contributed by atoms with E-state index in [0.717, 1.165) is 12.8 Å². The van der Waals surface area contributed by atoms with E-state index in [9.17, 15) is 4.79 Å². The number of carbonyl (C=O) groups is 1. The Morgan fingerprint density at radius 2 is 1.88 bits per heavy atom. The topological polar surface area (TPSA) is 26.3 Å². The maximum absolute atomic E-state index is 11.8. The van der Waals surface area contributed by atoms with Crippen LogP contribution in [0.25, 0.3) is 0 Å². The molecular weight excluding hydrogens is 212 g/mol. The van der Waals surface area contributed by atoms with Crippen molar-refractivity contribution in [2.24, 2.45) is 11.3 Å². The average molecular weight is 240 g/mol. The molecule has 17 heavy (non-hydrogen) atoms. The molecule has 0 aromatic rings. The lowest BCUT2D eigenvalue weighted by molar-refractivity contribution is -0.141. The lowest BCUT2D eigenvalue weighted by Crippen LogP contribution is -2.21. The van der Waals surface area contributed by atoms with Gasteiger partial charge in [-0.3, -0.25) is 0 Å². The second kappa shape index (κ2) is 7.52. The van der Waals surface area contributed by atoms with Crippen molar-refractivity contribution in [2.45, 2.75) is 60.3 Å². The van der Waals surface area contributed by atoms with Gasteiger partial charge in [-0.25, -0.2) is 4.79 Å². The molecule has 0 spiro atoms. The molecule has 2 nitrogen and oxygen atoms in total. The zero-order valence-electron chi connectivity index (χ0n) is 12.1. The molecule has 0 aliphatic rings. The van der Waals surface area contributed by atoms with Gasteiger partial charge in [0.15, 0.2) is 0 Å². The van der Waals surface area contributed by atoms with Crippen LogP contribution in [-0.4, -0.2) is 12.6 Å². The third kappa shape index (κ3) is 6.50. The van der Waals surface area contributed by atoms with Gasteiger partial charge in [-0.2, -0.15) is 0 Å². The van der Waals surface area contributed by atoms with Crippen LogP contribution in [0.1, 0.15) is 60.3 Å². The summed E-state index contributed by atoms with van der Waals surface area (Å²) in [4.78, 5) is 11.8. The molecule has 0 heterocycles. The van der Waals surface area contributed by atoms with Crippen molar-refractivity contribution < 1.29 is 9.53 Å². The monoisotopic (exact) mass is 240 g/mol. The van der Waals surface area contributed by atoms with Gasteiger partial charge in [0, 0.05) is 5.57 Å². The van der Waals surface area contributed by atoms with Gasteiger partial charge in [-0.1, -0.05) is 60.5 Å². The Balaban J connectivity index is 4.09. The summed E-state index contributed by atoms with van der Waals surface area (Å²) in [7, 11) is 0. The predicted molar refractivity (Wildman–Crippen MR) is 72.9 cm³/mol. The fourth-order valence-corrected chi connectivity index (χ4v) is 1.48. The van der Waals surface area contributed by atoms with Crippen LogP contribution in [0.3, 0.4) is 0 Å². The van der Waals surface area contributed by atoms with Gasteiger partial charge in [-0.15, -0.1) is 0 Å². The van der Waals surface area contributed by atoms with E-state index in [4.69, 9.17) is 4.74 Å². The zero-order valence-corrected chi connectivity index (χ0v) is 12.1. The molecule has 0 aliphatic heterocycles. The molecule has 0 aromatic heterocycles. The number of ether oxygens (including phenoxy) is 1. The van der Waals surface area contributed by atoms with E-state index >= 15 is 0 Å². The second-order valence-corrected chi connectivity index (χ2v) is 5.74. The van der Waals surface area contributed by atoms with Crippen LogP contribution in [0, 0.1) is 11.3 Å². The van der Waals surface area contributed by atoms with Crippen molar-refractivity contribution in [1.82, 2.24) is 0 Å². The maximum atomic E-state index is 11.8. The highest BCUT2D eigenvalue weighted by atomic mass is 16.5. The Labute approximate surface area is 106 Å². The Morgan fingerprint density at radius 3 is 2.29 bits per heavy atom. The summed E-state index contributed by atoms with van der Waals surface area (Å²) in [5.74, 6) is 0.249. The van der Waals surface area contributed by atoms with Crippen LogP contribution in [0.5, 0.6) is 0 Å². The van der Waals surface area contributed by atoms with E-state index in [1.807, 2.05) is 20.8 Å². The van der Waals surface area contributed by atoms with Crippen LogP contribution >= 0.6 is 0 Å². The Morgan fingerprint density at radius 1 is 1.29 bits per heavy atom. The Bertz CT molecular complexity index is 248. The summed E-state index contributed by atoms with van der Waals surface area (Å²) in [5, 5.41) is 0. The highest BCUT2D eigenvalue weighted by Crippen LogP contribution is 2.25. The summed E-state index contributed by atoms with van der Waals surface area (Å²) in [5.41, 5.74) is 0.352. The molecule has 0 aromatic carbocycles. The van der Waals surface area contributed by atoms with E-state index < -0.39 is 0 Å². The molecule has 0 aliphatic carbocycles. The van der Waals surface area contributed by atoms with Gasteiger partial charge >= 0.3 is 5.97 Å². The molecule has 2 heteroatoms. The summed E-state index contributed by atoms with van der Waals surface area (Å²) < 4.78 is 5.34. The largest absolute Gasteiger partial charge is 0.462 e. The van der Waals surface area contributed by atoms with Crippen LogP contribution in [0.15, 0.2) is 12.2 Å².